The second-order valence-corrected chi connectivity index (χ2v) is 8.73. The van der Waals surface area contributed by atoms with Crippen LogP contribution in [0.4, 0.5) is 0 Å². The molecule has 2 fully saturated rings. The Morgan fingerprint density at radius 2 is 1.93 bits per heavy atom. The molecule has 8 nitrogen and oxygen atoms in total. The molecule has 0 spiro atoms. The van der Waals surface area contributed by atoms with E-state index < -0.39 is 42.0 Å². The molecule has 0 aromatic heterocycles. The first kappa shape index (κ1) is 25.9. The zero-order valence-electron chi connectivity index (χ0n) is 16.9. The maximum absolute atomic E-state index is 12.8. The average Bonchev–Trinajstić information content (AvgIpc) is 2.99. The van der Waals surface area contributed by atoms with Gasteiger partial charge in [-0.3, -0.25) is 9.69 Å². The van der Waals surface area contributed by atoms with Gasteiger partial charge in [0, 0.05) is 6.54 Å². The normalized spacial score (nSPS) is 38.5. The molecule has 2 saturated heterocycles. The summed E-state index contributed by atoms with van der Waals surface area (Å²) in [5.74, 6) is 0.245. The maximum atomic E-state index is 12.8. The lowest BCUT2D eigenvalue weighted by atomic mass is 9.92. The SMILES string of the molecule is CCC[C@@H]1C[C@H](C(=O)N[C@@H]([C@H]2O[C@H](SC)[C@@H](O)[C@@H](O)[C@H]2O)[C@@H](C)O)N(C)C1.Cl. The van der Waals surface area contributed by atoms with E-state index in [1.165, 1.54) is 18.7 Å². The number of nitrogens with zero attached hydrogens (tertiary/aromatic N) is 1. The van der Waals surface area contributed by atoms with Gasteiger partial charge in [0.15, 0.2) is 0 Å². The van der Waals surface area contributed by atoms with Crippen LogP contribution in [0.15, 0.2) is 0 Å². The number of hydrogen-bond acceptors (Lipinski definition) is 8. The molecule has 0 unspecified atom stereocenters. The van der Waals surface area contributed by atoms with Crippen molar-refractivity contribution in [1.29, 1.82) is 0 Å². The molecule has 2 aliphatic heterocycles. The number of carbonyl (C=O) groups excluding carboxylic acids is 1. The molecule has 2 heterocycles. The maximum Gasteiger partial charge on any atom is 0.237 e. The highest BCUT2D eigenvalue weighted by atomic mass is 35.5. The number of likely N-dealkylation sites (tertiary alicyclic amines) is 1. The predicted molar refractivity (Wildman–Crippen MR) is 110 cm³/mol. The third-order valence-corrected chi connectivity index (χ3v) is 6.51. The molecule has 2 rings (SSSR count). The second-order valence-electron chi connectivity index (χ2n) is 7.80. The van der Waals surface area contributed by atoms with Crippen molar-refractivity contribution in [3.05, 3.63) is 0 Å². The van der Waals surface area contributed by atoms with E-state index in [2.05, 4.69) is 12.2 Å². The first-order chi connectivity index (χ1) is 12.7. The Morgan fingerprint density at radius 1 is 1.29 bits per heavy atom. The molecule has 0 aromatic rings. The molecule has 9 atom stereocenters. The summed E-state index contributed by atoms with van der Waals surface area (Å²) in [4.78, 5) is 14.9. The molecule has 0 aliphatic carbocycles. The lowest BCUT2D eigenvalue weighted by molar-refractivity contribution is -0.211. The molecule has 0 aromatic carbocycles. The summed E-state index contributed by atoms with van der Waals surface area (Å²) in [5, 5.41) is 43.5. The number of rotatable bonds is 7. The number of amides is 1. The van der Waals surface area contributed by atoms with Crippen LogP contribution in [0.2, 0.25) is 0 Å². The van der Waals surface area contributed by atoms with Crippen molar-refractivity contribution in [2.75, 3.05) is 19.8 Å². The zero-order valence-corrected chi connectivity index (χ0v) is 18.5. The third kappa shape index (κ3) is 5.72. The Hall–Kier alpha value is -0.130. The van der Waals surface area contributed by atoms with Gasteiger partial charge in [0.05, 0.1) is 18.2 Å². The number of aliphatic hydroxyl groups excluding tert-OH is 4. The van der Waals surface area contributed by atoms with Gasteiger partial charge in [-0.1, -0.05) is 13.3 Å². The van der Waals surface area contributed by atoms with E-state index in [1.54, 1.807) is 6.26 Å². The minimum atomic E-state index is -1.42. The number of halogens is 1. The number of likely N-dealkylation sites (N-methyl/N-ethyl adjacent to an activating group) is 1. The van der Waals surface area contributed by atoms with Gasteiger partial charge in [-0.25, -0.2) is 0 Å². The lowest BCUT2D eigenvalue weighted by Gasteiger charge is -2.44. The number of ether oxygens (including phenoxy) is 1. The van der Waals surface area contributed by atoms with E-state index in [1.807, 2.05) is 11.9 Å². The van der Waals surface area contributed by atoms with Crippen LogP contribution in [-0.4, -0.2) is 99.1 Å². The highest BCUT2D eigenvalue weighted by Crippen LogP contribution is 2.30. The van der Waals surface area contributed by atoms with Gasteiger partial charge in [0.25, 0.3) is 0 Å². The number of hydrogen-bond donors (Lipinski definition) is 5. The van der Waals surface area contributed by atoms with Gasteiger partial charge >= 0.3 is 0 Å². The Balaban J connectivity index is 0.00000392. The fourth-order valence-corrected chi connectivity index (χ4v) is 4.81. The minimum Gasteiger partial charge on any atom is -0.391 e. The standard InChI is InChI=1S/C18H34N2O6S.ClH/c1-5-6-10-7-11(20(3)8-10)17(25)19-12(9(2)21)16-14(23)13(22)15(24)18(26-16)27-4;/h9-16,18,21-24H,5-8H2,1-4H3,(H,19,25);1H/t9-,10-,11-,12-,13+,14-,15+,16-,18-;/m1./s1. The molecule has 10 heteroatoms. The van der Waals surface area contributed by atoms with Gasteiger partial charge in [-0.15, -0.1) is 24.2 Å². The lowest BCUT2D eigenvalue weighted by Crippen LogP contribution is -2.65. The summed E-state index contributed by atoms with van der Waals surface area (Å²) in [6.07, 6.45) is -1.50. The molecule has 2 aliphatic rings. The van der Waals surface area contributed by atoms with E-state index >= 15 is 0 Å². The molecule has 1 amide bonds. The molecule has 166 valence electrons. The first-order valence-corrected chi connectivity index (χ1v) is 10.9. The van der Waals surface area contributed by atoms with Crippen molar-refractivity contribution in [2.45, 2.75) is 81.1 Å². The largest absolute Gasteiger partial charge is 0.391 e. The van der Waals surface area contributed by atoms with Crippen LogP contribution in [0.25, 0.3) is 0 Å². The van der Waals surface area contributed by atoms with Crippen molar-refractivity contribution in [3.8, 4) is 0 Å². The van der Waals surface area contributed by atoms with Crippen LogP contribution >= 0.6 is 24.2 Å². The van der Waals surface area contributed by atoms with E-state index in [0.717, 1.165) is 25.8 Å². The molecule has 0 radical (unpaired) electrons. The number of thioether (sulfide) groups is 1. The third-order valence-electron chi connectivity index (χ3n) is 5.66. The van der Waals surface area contributed by atoms with Crippen LogP contribution in [-0.2, 0) is 9.53 Å². The molecule has 28 heavy (non-hydrogen) atoms. The van der Waals surface area contributed by atoms with E-state index in [-0.39, 0.29) is 24.4 Å². The van der Waals surface area contributed by atoms with Gasteiger partial charge in [0.2, 0.25) is 5.91 Å². The van der Waals surface area contributed by atoms with Crippen LogP contribution < -0.4 is 5.32 Å². The Morgan fingerprint density at radius 3 is 2.46 bits per heavy atom. The fourth-order valence-electron chi connectivity index (χ4n) is 4.13. The second kappa shape index (κ2) is 11.3. The van der Waals surface area contributed by atoms with Crippen LogP contribution in [0.3, 0.4) is 0 Å². The van der Waals surface area contributed by atoms with Crippen molar-refractivity contribution >= 4 is 30.1 Å². The molecule has 0 saturated carbocycles. The average molecular weight is 443 g/mol. The van der Waals surface area contributed by atoms with Gasteiger partial charge in [-0.2, -0.15) is 0 Å². The molecule has 5 N–H and O–H groups in total. The Bertz CT molecular complexity index is 501. The van der Waals surface area contributed by atoms with Gasteiger partial charge in [0.1, 0.15) is 29.9 Å². The smallest absolute Gasteiger partial charge is 0.237 e. The Labute approximate surface area is 177 Å². The van der Waals surface area contributed by atoms with Gasteiger partial charge in [-0.05, 0) is 39.0 Å². The van der Waals surface area contributed by atoms with Crippen molar-refractivity contribution in [1.82, 2.24) is 10.2 Å². The summed E-state index contributed by atoms with van der Waals surface area (Å²) in [5.41, 5.74) is -0.755. The Kier molecular flexibility index (Phi) is 10.5. The number of nitrogens with one attached hydrogen (secondary N) is 1. The summed E-state index contributed by atoms with van der Waals surface area (Å²) in [7, 11) is 1.91. The van der Waals surface area contributed by atoms with Gasteiger partial charge < -0.3 is 30.5 Å². The summed E-state index contributed by atoms with van der Waals surface area (Å²) in [6, 6.07) is -1.20. The zero-order chi connectivity index (χ0) is 20.3. The highest BCUT2D eigenvalue weighted by molar-refractivity contribution is 7.99. The molecule has 0 bridgehead atoms. The fraction of sp³-hybridized carbons (Fsp3) is 0.944. The van der Waals surface area contributed by atoms with Crippen LogP contribution in [0.1, 0.15) is 33.1 Å². The van der Waals surface area contributed by atoms with E-state index in [4.69, 9.17) is 4.74 Å². The summed E-state index contributed by atoms with van der Waals surface area (Å²) < 4.78 is 5.72. The van der Waals surface area contributed by atoms with Crippen molar-refractivity contribution < 1.29 is 30.0 Å². The summed E-state index contributed by atoms with van der Waals surface area (Å²) in [6.45, 7) is 4.48. The van der Waals surface area contributed by atoms with Crippen LogP contribution in [0, 0.1) is 5.92 Å². The van der Waals surface area contributed by atoms with Crippen molar-refractivity contribution in [3.63, 3.8) is 0 Å². The molecular formula is C18H35ClN2O6S. The monoisotopic (exact) mass is 442 g/mol. The van der Waals surface area contributed by atoms with E-state index in [0.29, 0.717) is 5.92 Å². The summed E-state index contributed by atoms with van der Waals surface area (Å²) >= 11 is 1.20. The first-order valence-electron chi connectivity index (χ1n) is 9.62. The predicted octanol–water partition coefficient (Wildman–Crippen LogP) is -0.435. The highest BCUT2D eigenvalue weighted by Gasteiger charge is 2.48. The van der Waals surface area contributed by atoms with Crippen molar-refractivity contribution in [2.24, 2.45) is 5.92 Å². The number of carbonyl (C=O) groups is 1. The molecular weight excluding hydrogens is 408 g/mol. The van der Waals surface area contributed by atoms with Crippen LogP contribution in [0.5, 0.6) is 0 Å². The number of aliphatic hydroxyl groups is 4. The topological polar surface area (TPSA) is 122 Å². The quantitative estimate of drug-likeness (QED) is 0.360. The minimum absolute atomic E-state index is 0. The van der Waals surface area contributed by atoms with E-state index in [9.17, 15) is 25.2 Å².